The van der Waals surface area contributed by atoms with Crippen LogP contribution in [-0.2, 0) is 0 Å². The van der Waals surface area contributed by atoms with Crippen LogP contribution in [0.2, 0.25) is 5.02 Å². The smallest absolute Gasteiger partial charge is 0.307 e. The largest absolute Gasteiger partial charge is 0.326 e. The lowest BCUT2D eigenvalue weighted by Gasteiger charge is -2.36. The van der Waals surface area contributed by atoms with E-state index < -0.39 is 11.9 Å². The molecular formula is C19H19ClFN3O. The molecule has 0 saturated heterocycles. The van der Waals surface area contributed by atoms with Crippen molar-refractivity contribution in [3.63, 3.8) is 0 Å². The summed E-state index contributed by atoms with van der Waals surface area (Å²) in [5, 5.41) is 3.18. The van der Waals surface area contributed by atoms with E-state index in [2.05, 4.69) is 11.9 Å². The van der Waals surface area contributed by atoms with Gasteiger partial charge in [-0.05, 0) is 32.3 Å². The van der Waals surface area contributed by atoms with E-state index in [1.165, 1.54) is 11.0 Å². The number of hydrogen-bond donors (Lipinski definition) is 1. The molecule has 0 radical (unpaired) electrons. The molecule has 0 spiro atoms. The number of benzene rings is 2. The molecule has 2 aromatic rings. The fourth-order valence-corrected chi connectivity index (χ4v) is 3.29. The summed E-state index contributed by atoms with van der Waals surface area (Å²) in [6, 6.07) is 11.3. The number of nitrogens with zero attached hydrogens (tertiary/aromatic N) is 2. The van der Waals surface area contributed by atoms with Gasteiger partial charge in [-0.3, -0.25) is 4.90 Å². The molecule has 130 valence electrons. The molecule has 0 fully saturated rings. The normalized spacial score (nSPS) is 15.2. The van der Waals surface area contributed by atoms with Crippen LogP contribution in [0.3, 0.4) is 0 Å². The third kappa shape index (κ3) is 3.25. The summed E-state index contributed by atoms with van der Waals surface area (Å²) in [5.41, 5.74) is 2.52. The second-order valence-electron chi connectivity index (χ2n) is 6.15. The zero-order chi connectivity index (χ0) is 18.1. The van der Waals surface area contributed by atoms with Gasteiger partial charge in [0.1, 0.15) is 5.82 Å². The molecule has 25 heavy (non-hydrogen) atoms. The number of anilines is 1. The van der Waals surface area contributed by atoms with Crippen molar-refractivity contribution in [2.45, 2.75) is 6.04 Å². The van der Waals surface area contributed by atoms with Gasteiger partial charge in [-0.2, -0.15) is 0 Å². The number of hydrogen-bond acceptors (Lipinski definition) is 2. The molecule has 1 atom stereocenters. The number of carbonyl (C=O) groups is 1. The molecule has 3 rings (SSSR count). The Morgan fingerprint density at radius 2 is 1.96 bits per heavy atom. The Morgan fingerprint density at radius 1 is 1.24 bits per heavy atom. The van der Waals surface area contributed by atoms with Crippen molar-refractivity contribution in [1.29, 1.82) is 0 Å². The molecule has 0 aliphatic carbocycles. The summed E-state index contributed by atoms with van der Waals surface area (Å²) in [5.74, 6) is -0.394. The van der Waals surface area contributed by atoms with Gasteiger partial charge in [0.15, 0.2) is 0 Å². The van der Waals surface area contributed by atoms with Crippen LogP contribution in [0, 0.1) is 5.82 Å². The molecule has 0 aromatic heterocycles. The lowest BCUT2D eigenvalue weighted by atomic mass is 10.0. The van der Waals surface area contributed by atoms with Crippen molar-refractivity contribution in [3.8, 4) is 0 Å². The number of carbonyl (C=O) groups excluding carboxylic acids is 1. The standard InChI is InChI=1S/C19H19ClFN3O/c1-12-13-7-4-5-10-16(13)22-19(25)24(12)11-17(23(2)3)18-14(20)8-6-9-15(18)21/h4-10,17H,1,11H2,2-3H3,(H,22,25)/t17-/m0/s1. The van der Waals surface area contributed by atoms with Crippen molar-refractivity contribution < 1.29 is 9.18 Å². The van der Waals surface area contributed by atoms with Gasteiger partial charge in [-0.15, -0.1) is 0 Å². The Hall–Kier alpha value is -2.37. The first kappa shape index (κ1) is 17.5. The molecule has 0 unspecified atom stereocenters. The molecule has 4 nitrogen and oxygen atoms in total. The maximum absolute atomic E-state index is 14.4. The molecule has 1 N–H and O–H groups in total. The van der Waals surface area contributed by atoms with Gasteiger partial charge in [0.25, 0.3) is 0 Å². The average molecular weight is 360 g/mol. The van der Waals surface area contributed by atoms with Crippen molar-refractivity contribution in [1.82, 2.24) is 9.80 Å². The summed E-state index contributed by atoms with van der Waals surface area (Å²) in [6.07, 6.45) is 0. The number of amides is 2. The molecule has 6 heteroatoms. The quantitative estimate of drug-likeness (QED) is 0.865. The first-order valence-corrected chi connectivity index (χ1v) is 8.25. The number of fused-ring (bicyclic) bond motifs is 1. The number of urea groups is 1. The Morgan fingerprint density at radius 3 is 2.64 bits per heavy atom. The van der Waals surface area contributed by atoms with Gasteiger partial charge in [-0.25, -0.2) is 9.18 Å². The number of nitrogens with one attached hydrogen (secondary N) is 1. The first-order valence-electron chi connectivity index (χ1n) is 7.87. The fourth-order valence-electron chi connectivity index (χ4n) is 3.00. The van der Waals surface area contributed by atoms with Crippen LogP contribution in [0.25, 0.3) is 5.70 Å². The van der Waals surface area contributed by atoms with Crippen LogP contribution >= 0.6 is 11.6 Å². The Bertz CT molecular complexity index is 817. The summed E-state index contributed by atoms with van der Waals surface area (Å²) < 4.78 is 14.4. The monoisotopic (exact) mass is 359 g/mol. The van der Waals surface area contributed by atoms with Gasteiger partial charge in [0.05, 0.1) is 11.7 Å². The second kappa shape index (κ2) is 6.86. The highest BCUT2D eigenvalue weighted by Crippen LogP contribution is 2.35. The summed E-state index contributed by atoms with van der Waals surface area (Å²) in [6.45, 7) is 4.29. The molecule has 0 bridgehead atoms. The molecule has 2 amide bonds. The predicted octanol–water partition coefficient (Wildman–Crippen LogP) is 4.60. The Balaban J connectivity index is 1.96. The van der Waals surface area contributed by atoms with Crippen LogP contribution in [0.1, 0.15) is 17.2 Å². The van der Waals surface area contributed by atoms with Gasteiger partial charge < -0.3 is 10.2 Å². The van der Waals surface area contributed by atoms with E-state index >= 15 is 0 Å². The molecule has 0 saturated carbocycles. The van der Waals surface area contributed by atoms with Gasteiger partial charge in [0, 0.05) is 28.4 Å². The number of halogens is 2. The highest BCUT2D eigenvalue weighted by molar-refractivity contribution is 6.31. The maximum Gasteiger partial charge on any atom is 0.326 e. The van der Waals surface area contributed by atoms with Crippen LogP contribution in [0.15, 0.2) is 49.0 Å². The third-order valence-electron chi connectivity index (χ3n) is 4.36. The predicted molar refractivity (Wildman–Crippen MR) is 99.0 cm³/mol. The van der Waals surface area contributed by atoms with Crippen molar-refractivity contribution in [2.24, 2.45) is 0 Å². The molecule has 1 heterocycles. The Kier molecular flexibility index (Phi) is 4.79. The molecule has 2 aromatic carbocycles. The van der Waals surface area contributed by atoms with Gasteiger partial charge in [0.2, 0.25) is 0 Å². The second-order valence-corrected chi connectivity index (χ2v) is 6.55. The first-order chi connectivity index (χ1) is 11.9. The van der Waals surface area contributed by atoms with Crippen LogP contribution < -0.4 is 5.32 Å². The average Bonchev–Trinajstić information content (AvgIpc) is 2.56. The van der Waals surface area contributed by atoms with E-state index in [0.29, 0.717) is 16.3 Å². The van der Waals surface area contributed by atoms with E-state index in [-0.39, 0.29) is 12.6 Å². The van der Waals surface area contributed by atoms with E-state index in [4.69, 9.17) is 11.6 Å². The zero-order valence-electron chi connectivity index (χ0n) is 14.1. The highest BCUT2D eigenvalue weighted by Gasteiger charge is 2.31. The third-order valence-corrected chi connectivity index (χ3v) is 4.69. The van der Waals surface area contributed by atoms with Crippen molar-refractivity contribution >= 4 is 29.0 Å². The number of para-hydroxylation sites is 1. The number of rotatable bonds is 4. The fraction of sp³-hybridized carbons (Fsp3) is 0.211. The molecule has 1 aliphatic rings. The molecular weight excluding hydrogens is 341 g/mol. The lowest BCUT2D eigenvalue weighted by molar-refractivity contribution is 0.206. The maximum atomic E-state index is 14.4. The lowest BCUT2D eigenvalue weighted by Crippen LogP contribution is -2.42. The van der Waals surface area contributed by atoms with Gasteiger partial charge >= 0.3 is 6.03 Å². The van der Waals surface area contributed by atoms with Crippen molar-refractivity contribution in [3.05, 3.63) is 71.0 Å². The Labute approximate surface area is 151 Å². The van der Waals surface area contributed by atoms with E-state index in [9.17, 15) is 9.18 Å². The van der Waals surface area contributed by atoms with E-state index in [1.807, 2.05) is 43.3 Å². The van der Waals surface area contributed by atoms with Crippen LogP contribution in [0.5, 0.6) is 0 Å². The SMILES string of the molecule is C=C1c2ccccc2NC(=O)N1C[C@@H](c1c(F)cccc1Cl)N(C)C. The summed E-state index contributed by atoms with van der Waals surface area (Å²) in [4.78, 5) is 15.9. The molecule has 1 aliphatic heterocycles. The summed E-state index contributed by atoms with van der Waals surface area (Å²) >= 11 is 6.23. The van der Waals surface area contributed by atoms with E-state index in [0.717, 1.165) is 11.3 Å². The van der Waals surface area contributed by atoms with Crippen molar-refractivity contribution in [2.75, 3.05) is 26.0 Å². The van der Waals surface area contributed by atoms with E-state index in [1.54, 1.807) is 12.1 Å². The topological polar surface area (TPSA) is 35.6 Å². The highest BCUT2D eigenvalue weighted by atomic mass is 35.5. The summed E-state index contributed by atoms with van der Waals surface area (Å²) in [7, 11) is 3.65. The minimum Gasteiger partial charge on any atom is -0.307 e. The van der Waals surface area contributed by atoms with Crippen LogP contribution in [0.4, 0.5) is 14.9 Å². The zero-order valence-corrected chi connectivity index (χ0v) is 14.8. The minimum atomic E-state index is -0.415. The van der Waals surface area contributed by atoms with Crippen LogP contribution in [-0.4, -0.2) is 36.5 Å². The van der Waals surface area contributed by atoms with Gasteiger partial charge in [-0.1, -0.05) is 42.4 Å². The minimum absolute atomic E-state index is 0.229. The number of likely N-dealkylation sites (N-methyl/N-ethyl adjacent to an activating group) is 1.